The maximum absolute atomic E-state index is 11.3. The van der Waals surface area contributed by atoms with Gasteiger partial charge in [0.2, 0.25) is 0 Å². The summed E-state index contributed by atoms with van der Waals surface area (Å²) in [6.45, 7) is 2.00. The molecule has 0 bridgehead atoms. The Morgan fingerprint density at radius 1 is 1.69 bits per heavy atom. The predicted molar refractivity (Wildman–Crippen MR) is 54.6 cm³/mol. The molecule has 0 radical (unpaired) electrons. The lowest BCUT2D eigenvalue weighted by Gasteiger charge is -1.95. The van der Waals surface area contributed by atoms with Crippen LogP contribution in [0.15, 0.2) is 23.1 Å². The average molecular weight is 242 g/mol. The second kappa shape index (κ2) is 4.36. The first kappa shape index (κ1) is 10.7. The fourth-order valence-electron chi connectivity index (χ4n) is 1.07. The number of nitrogens with zero attached hydrogens (tertiary/aromatic N) is 3. The summed E-state index contributed by atoms with van der Waals surface area (Å²) in [5.41, 5.74) is 0.100. The summed E-state index contributed by atoms with van der Waals surface area (Å²) in [7, 11) is 0. The third-order valence-corrected chi connectivity index (χ3v) is 1.92. The van der Waals surface area contributed by atoms with Crippen LogP contribution in [0.4, 0.5) is 0 Å². The van der Waals surface area contributed by atoms with Crippen LogP contribution >= 0.6 is 11.6 Å². The van der Waals surface area contributed by atoms with Gasteiger partial charge in [-0.1, -0.05) is 11.6 Å². The Morgan fingerprint density at radius 2 is 2.50 bits per heavy atom. The number of ether oxygens (including phenoxy) is 1. The highest BCUT2D eigenvalue weighted by atomic mass is 35.5. The molecule has 0 saturated heterocycles. The van der Waals surface area contributed by atoms with Gasteiger partial charge >= 0.3 is 12.0 Å². The highest BCUT2D eigenvalue weighted by Gasteiger charge is 2.14. The molecule has 2 heterocycles. The number of carbonyl (C=O) groups excluding carboxylic acids is 1. The normalized spacial score (nSPS) is 10.4. The summed E-state index contributed by atoms with van der Waals surface area (Å²) in [5.74, 6) is -0.532. The van der Waals surface area contributed by atoms with Gasteiger partial charge in [-0.25, -0.2) is 4.79 Å². The number of rotatable bonds is 3. The standard InChI is InChI=1S/C9H8ClN3O3/c1-2-15-8(14)7-5-16-9(12-7)13-4-6(10)3-11-13/h3-5H,2H2,1H3. The minimum absolute atomic E-state index is 0.100. The monoisotopic (exact) mass is 241 g/mol. The molecule has 2 aromatic rings. The first-order valence-corrected chi connectivity index (χ1v) is 4.91. The molecule has 84 valence electrons. The molecule has 6 nitrogen and oxygen atoms in total. The predicted octanol–water partition coefficient (Wildman–Crippen LogP) is 1.69. The Balaban J connectivity index is 2.22. The van der Waals surface area contributed by atoms with Crippen molar-refractivity contribution in [1.29, 1.82) is 0 Å². The van der Waals surface area contributed by atoms with Crippen LogP contribution in [0.1, 0.15) is 17.4 Å². The van der Waals surface area contributed by atoms with E-state index in [-0.39, 0.29) is 18.3 Å². The largest absolute Gasteiger partial charge is 0.461 e. The van der Waals surface area contributed by atoms with Crippen LogP contribution in [0.5, 0.6) is 0 Å². The lowest BCUT2D eigenvalue weighted by atomic mass is 10.5. The van der Waals surface area contributed by atoms with Crippen LogP contribution in [-0.2, 0) is 4.74 Å². The quantitative estimate of drug-likeness (QED) is 0.765. The van der Waals surface area contributed by atoms with Gasteiger partial charge in [0.15, 0.2) is 5.69 Å². The zero-order valence-electron chi connectivity index (χ0n) is 8.38. The Bertz CT molecular complexity index is 506. The van der Waals surface area contributed by atoms with Crippen LogP contribution < -0.4 is 0 Å². The molecular formula is C9H8ClN3O3. The molecule has 0 atom stereocenters. The van der Waals surface area contributed by atoms with Gasteiger partial charge in [-0.3, -0.25) is 0 Å². The van der Waals surface area contributed by atoms with E-state index in [2.05, 4.69) is 10.1 Å². The summed E-state index contributed by atoms with van der Waals surface area (Å²) < 4.78 is 11.2. The van der Waals surface area contributed by atoms with Crippen molar-refractivity contribution in [2.75, 3.05) is 6.61 Å². The topological polar surface area (TPSA) is 70.2 Å². The number of hydrogen-bond donors (Lipinski definition) is 0. The average Bonchev–Trinajstić information content (AvgIpc) is 2.85. The van der Waals surface area contributed by atoms with Gasteiger partial charge in [0, 0.05) is 0 Å². The number of esters is 1. The minimum Gasteiger partial charge on any atom is -0.461 e. The van der Waals surface area contributed by atoms with E-state index >= 15 is 0 Å². The second-order valence-electron chi connectivity index (χ2n) is 2.84. The van der Waals surface area contributed by atoms with Gasteiger partial charge in [0.05, 0.1) is 24.0 Å². The molecule has 0 unspecified atom stereocenters. The Kier molecular flexibility index (Phi) is 2.91. The zero-order chi connectivity index (χ0) is 11.5. The number of hydrogen-bond acceptors (Lipinski definition) is 5. The van der Waals surface area contributed by atoms with Crippen LogP contribution in [0, 0.1) is 0 Å². The van der Waals surface area contributed by atoms with E-state index < -0.39 is 5.97 Å². The smallest absolute Gasteiger partial charge is 0.360 e. The first-order valence-electron chi connectivity index (χ1n) is 4.54. The van der Waals surface area contributed by atoms with Crippen LogP contribution in [0.3, 0.4) is 0 Å². The first-order chi connectivity index (χ1) is 7.70. The van der Waals surface area contributed by atoms with E-state index in [9.17, 15) is 4.79 Å². The van der Waals surface area contributed by atoms with Crippen molar-refractivity contribution in [2.45, 2.75) is 6.92 Å². The van der Waals surface area contributed by atoms with Crippen molar-refractivity contribution in [3.05, 3.63) is 29.4 Å². The molecule has 0 aliphatic rings. The summed E-state index contributed by atoms with van der Waals surface area (Å²) in [6.07, 6.45) is 4.17. The lowest BCUT2D eigenvalue weighted by Crippen LogP contribution is -2.05. The van der Waals surface area contributed by atoms with Gasteiger partial charge in [-0.15, -0.1) is 0 Å². The van der Waals surface area contributed by atoms with Gasteiger partial charge in [-0.05, 0) is 6.92 Å². The molecule has 0 N–H and O–H groups in total. The molecule has 0 aliphatic carbocycles. The Morgan fingerprint density at radius 3 is 3.12 bits per heavy atom. The van der Waals surface area contributed by atoms with Crippen LogP contribution in [0.2, 0.25) is 5.02 Å². The number of carbonyl (C=O) groups is 1. The van der Waals surface area contributed by atoms with Crippen LogP contribution in [-0.4, -0.2) is 27.3 Å². The van der Waals surface area contributed by atoms with Crippen molar-refractivity contribution in [2.24, 2.45) is 0 Å². The van der Waals surface area contributed by atoms with E-state index in [1.165, 1.54) is 23.3 Å². The molecule has 2 rings (SSSR count). The van der Waals surface area contributed by atoms with Crippen molar-refractivity contribution in [1.82, 2.24) is 14.8 Å². The van der Waals surface area contributed by atoms with Gasteiger partial charge in [0.25, 0.3) is 0 Å². The van der Waals surface area contributed by atoms with Gasteiger partial charge < -0.3 is 9.15 Å². The van der Waals surface area contributed by atoms with E-state index in [0.29, 0.717) is 5.02 Å². The summed E-state index contributed by atoms with van der Waals surface area (Å²) in [5, 5.41) is 4.34. The molecule has 2 aromatic heterocycles. The number of halogens is 1. The fourth-order valence-corrected chi connectivity index (χ4v) is 1.21. The Hall–Kier alpha value is -1.82. The van der Waals surface area contributed by atoms with E-state index in [4.69, 9.17) is 20.8 Å². The lowest BCUT2D eigenvalue weighted by molar-refractivity contribution is 0.0519. The third kappa shape index (κ3) is 2.06. The van der Waals surface area contributed by atoms with Crippen molar-refractivity contribution >= 4 is 17.6 Å². The summed E-state index contributed by atoms with van der Waals surface area (Å²) in [4.78, 5) is 15.2. The van der Waals surface area contributed by atoms with Crippen LogP contribution in [0.25, 0.3) is 6.01 Å². The fraction of sp³-hybridized carbons (Fsp3) is 0.222. The zero-order valence-corrected chi connectivity index (χ0v) is 9.14. The van der Waals surface area contributed by atoms with E-state index in [1.807, 2.05) is 0 Å². The molecule has 0 aliphatic heterocycles. The molecular weight excluding hydrogens is 234 g/mol. The second-order valence-corrected chi connectivity index (χ2v) is 3.28. The van der Waals surface area contributed by atoms with E-state index in [1.54, 1.807) is 6.92 Å². The van der Waals surface area contributed by atoms with Crippen molar-refractivity contribution < 1.29 is 13.9 Å². The molecule has 0 spiro atoms. The minimum atomic E-state index is -0.532. The van der Waals surface area contributed by atoms with Gasteiger partial charge in [-0.2, -0.15) is 14.8 Å². The number of aromatic nitrogens is 3. The maximum Gasteiger partial charge on any atom is 0.360 e. The molecule has 0 amide bonds. The summed E-state index contributed by atoms with van der Waals surface area (Å²) in [6, 6.07) is 0.162. The highest BCUT2D eigenvalue weighted by molar-refractivity contribution is 6.30. The highest BCUT2D eigenvalue weighted by Crippen LogP contribution is 2.12. The number of oxazole rings is 1. The Labute approximate surface area is 95.8 Å². The molecule has 0 aromatic carbocycles. The van der Waals surface area contributed by atoms with Crippen molar-refractivity contribution in [3.8, 4) is 6.01 Å². The van der Waals surface area contributed by atoms with Crippen molar-refractivity contribution in [3.63, 3.8) is 0 Å². The molecule has 16 heavy (non-hydrogen) atoms. The molecule has 0 fully saturated rings. The van der Waals surface area contributed by atoms with E-state index in [0.717, 1.165) is 0 Å². The third-order valence-electron chi connectivity index (χ3n) is 1.72. The summed E-state index contributed by atoms with van der Waals surface area (Å²) >= 11 is 5.68. The van der Waals surface area contributed by atoms with Gasteiger partial charge in [0.1, 0.15) is 6.26 Å². The molecule has 0 saturated carbocycles. The SMILES string of the molecule is CCOC(=O)c1coc(-n2cc(Cl)cn2)n1. The maximum atomic E-state index is 11.3. The molecule has 7 heteroatoms.